The van der Waals surface area contributed by atoms with Crippen molar-refractivity contribution in [1.82, 2.24) is 14.5 Å². The van der Waals surface area contributed by atoms with Gasteiger partial charge < -0.3 is 4.57 Å². The number of imidazole rings is 1. The summed E-state index contributed by atoms with van der Waals surface area (Å²) in [5.41, 5.74) is 2.98. The molecule has 100 valence electrons. The number of aromatic nitrogens is 3. The summed E-state index contributed by atoms with van der Waals surface area (Å²) < 4.78 is 15.2. The van der Waals surface area contributed by atoms with Crippen LogP contribution >= 0.6 is 0 Å². The van der Waals surface area contributed by atoms with Crippen LogP contribution in [0.15, 0.2) is 42.6 Å². The van der Waals surface area contributed by atoms with Crippen molar-refractivity contribution in [3.8, 4) is 0 Å². The molecular formula is C16H14FN3. The van der Waals surface area contributed by atoms with E-state index >= 15 is 0 Å². The van der Waals surface area contributed by atoms with E-state index in [4.69, 9.17) is 4.98 Å². The largest absolute Gasteiger partial charge is 0.309 e. The van der Waals surface area contributed by atoms with E-state index in [-0.39, 0.29) is 5.82 Å². The lowest BCUT2D eigenvalue weighted by atomic mass is 10.1. The Hall–Kier alpha value is -2.23. The van der Waals surface area contributed by atoms with Gasteiger partial charge in [-0.25, -0.2) is 14.4 Å². The van der Waals surface area contributed by atoms with Gasteiger partial charge in [-0.15, -0.1) is 0 Å². The quantitative estimate of drug-likeness (QED) is 0.727. The number of hydrogen-bond donors (Lipinski definition) is 0. The average molecular weight is 267 g/mol. The summed E-state index contributed by atoms with van der Waals surface area (Å²) >= 11 is 0. The maximum absolute atomic E-state index is 13.0. The number of rotatable bonds is 3. The van der Waals surface area contributed by atoms with Gasteiger partial charge in [-0.1, -0.05) is 12.1 Å². The van der Waals surface area contributed by atoms with Crippen molar-refractivity contribution in [2.75, 3.05) is 0 Å². The first-order chi connectivity index (χ1) is 9.81. The van der Waals surface area contributed by atoms with E-state index in [1.54, 1.807) is 0 Å². The monoisotopic (exact) mass is 267 g/mol. The van der Waals surface area contributed by atoms with E-state index in [1.807, 2.05) is 30.5 Å². The second kappa shape index (κ2) is 4.40. The van der Waals surface area contributed by atoms with Crippen molar-refractivity contribution >= 4 is 11.2 Å². The fourth-order valence-corrected chi connectivity index (χ4v) is 2.60. The van der Waals surface area contributed by atoms with Gasteiger partial charge in [0.05, 0.1) is 0 Å². The van der Waals surface area contributed by atoms with Gasteiger partial charge in [0.1, 0.15) is 17.2 Å². The zero-order valence-electron chi connectivity index (χ0n) is 11.0. The highest BCUT2D eigenvalue weighted by Gasteiger charge is 2.28. The second-order valence-electron chi connectivity index (χ2n) is 5.28. The molecule has 3 nitrogen and oxygen atoms in total. The molecule has 0 amide bonds. The first-order valence-corrected chi connectivity index (χ1v) is 6.87. The Kier molecular flexibility index (Phi) is 2.55. The number of fused-ring (bicyclic) bond motifs is 1. The van der Waals surface area contributed by atoms with Crippen molar-refractivity contribution < 1.29 is 4.39 Å². The SMILES string of the molecule is Fc1ccc(Cc2nc3cccnc3n2C2CC2)cc1. The summed E-state index contributed by atoms with van der Waals surface area (Å²) in [6, 6.07) is 11.1. The van der Waals surface area contributed by atoms with Gasteiger partial charge in [0.15, 0.2) is 5.65 Å². The Morgan fingerprint density at radius 3 is 2.70 bits per heavy atom. The third kappa shape index (κ3) is 1.97. The Morgan fingerprint density at radius 1 is 1.15 bits per heavy atom. The van der Waals surface area contributed by atoms with Gasteiger partial charge in [0.25, 0.3) is 0 Å². The van der Waals surface area contributed by atoms with E-state index in [0.29, 0.717) is 12.5 Å². The molecule has 1 saturated carbocycles. The molecule has 4 rings (SSSR count). The molecule has 2 heterocycles. The first kappa shape index (κ1) is 11.6. The van der Waals surface area contributed by atoms with Crippen LogP contribution in [0, 0.1) is 5.82 Å². The number of halogens is 1. The van der Waals surface area contributed by atoms with Crippen molar-refractivity contribution in [2.45, 2.75) is 25.3 Å². The lowest BCUT2D eigenvalue weighted by Crippen LogP contribution is -2.03. The van der Waals surface area contributed by atoms with Gasteiger partial charge in [0.2, 0.25) is 0 Å². The van der Waals surface area contributed by atoms with Crippen molar-refractivity contribution in [2.24, 2.45) is 0 Å². The van der Waals surface area contributed by atoms with Crippen LogP contribution in [0.5, 0.6) is 0 Å². The number of benzene rings is 1. The van der Waals surface area contributed by atoms with Gasteiger partial charge in [-0.05, 0) is 42.7 Å². The summed E-state index contributed by atoms with van der Waals surface area (Å²) in [5.74, 6) is 0.818. The standard InChI is InChI=1S/C16H14FN3/c17-12-5-3-11(4-6-12)10-15-19-14-2-1-9-18-16(14)20(15)13-7-8-13/h1-6,9,13H,7-8,10H2. The van der Waals surface area contributed by atoms with Crippen molar-refractivity contribution in [3.05, 3.63) is 59.8 Å². The van der Waals surface area contributed by atoms with Crippen LogP contribution in [0.4, 0.5) is 4.39 Å². The molecule has 0 bridgehead atoms. The van der Waals surface area contributed by atoms with E-state index in [0.717, 1.165) is 22.6 Å². The van der Waals surface area contributed by atoms with Crippen molar-refractivity contribution in [1.29, 1.82) is 0 Å². The van der Waals surface area contributed by atoms with Crippen LogP contribution in [-0.4, -0.2) is 14.5 Å². The third-order valence-corrected chi connectivity index (χ3v) is 3.71. The van der Waals surface area contributed by atoms with Crippen LogP contribution < -0.4 is 0 Å². The minimum absolute atomic E-state index is 0.203. The zero-order valence-corrected chi connectivity index (χ0v) is 11.0. The smallest absolute Gasteiger partial charge is 0.160 e. The highest BCUT2D eigenvalue weighted by Crippen LogP contribution is 2.38. The number of nitrogens with zero attached hydrogens (tertiary/aromatic N) is 3. The average Bonchev–Trinajstić information content (AvgIpc) is 3.23. The summed E-state index contributed by atoms with van der Waals surface area (Å²) in [6.07, 6.45) is 4.91. The molecule has 0 atom stereocenters. The van der Waals surface area contributed by atoms with E-state index in [9.17, 15) is 4.39 Å². The lowest BCUT2D eigenvalue weighted by molar-refractivity contribution is 0.626. The molecule has 1 fully saturated rings. The highest BCUT2D eigenvalue weighted by molar-refractivity contribution is 5.71. The molecule has 0 spiro atoms. The minimum atomic E-state index is -0.203. The molecule has 1 aliphatic rings. The first-order valence-electron chi connectivity index (χ1n) is 6.87. The van der Waals surface area contributed by atoms with E-state index in [2.05, 4.69) is 9.55 Å². The van der Waals surface area contributed by atoms with Crippen LogP contribution in [-0.2, 0) is 6.42 Å². The van der Waals surface area contributed by atoms with Crippen LogP contribution in [0.3, 0.4) is 0 Å². The lowest BCUT2D eigenvalue weighted by Gasteiger charge is -2.06. The molecule has 4 heteroatoms. The molecule has 3 aromatic rings. The van der Waals surface area contributed by atoms with E-state index < -0.39 is 0 Å². The van der Waals surface area contributed by atoms with Gasteiger partial charge in [0, 0.05) is 18.7 Å². The van der Waals surface area contributed by atoms with Gasteiger partial charge >= 0.3 is 0 Å². The number of pyridine rings is 1. The molecule has 1 aliphatic carbocycles. The fourth-order valence-electron chi connectivity index (χ4n) is 2.60. The predicted molar refractivity (Wildman–Crippen MR) is 75.0 cm³/mol. The Morgan fingerprint density at radius 2 is 1.95 bits per heavy atom. The van der Waals surface area contributed by atoms with Crippen molar-refractivity contribution in [3.63, 3.8) is 0 Å². The molecule has 0 saturated heterocycles. The fraction of sp³-hybridized carbons (Fsp3) is 0.250. The summed E-state index contributed by atoms with van der Waals surface area (Å²) in [4.78, 5) is 9.16. The Bertz CT molecular complexity index is 757. The second-order valence-corrected chi connectivity index (χ2v) is 5.28. The Balaban J connectivity index is 1.78. The van der Waals surface area contributed by atoms with Crippen LogP contribution in [0.1, 0.15) is 30.3 Å². The highest BCUT2D eigenvalue weighted by atomic mass is 19.1. The Labute approximate surface area is 116 Å². The maximum Gasteiger partial charge on any atom is 0.160 e. The summed E-state index contributed by atoms with van der Waals surface area (Å²) in [5, 5.41) is 0. The molecule has 1 aromatic carbocycles. The molecule has 0 unspecified atom stereocenters. The normalized spacial score (nSPS) is 14.8. The minimum Gasteiger partial charge on any atom is -0.309 e. The maximum atomic E-state index is 13.0. The predicted octanol–water partition coefficient (Wildman–Crippen LogP) is 3.50. The molecule has 0 radical (unpaired) electrons. The molecule has 20 heavy (non-hydrogen) atoms. The molecule has 2 aromatic heterocycles. The van der Waals surface area contributed by atoms with Gasteiger partial charge in [-0.2, -0.15) is 0 Å². The summed E-state index contributed by atoms with van der Waals surface area (Å²) in [6.45, 7) is 0. The molecular weight excluding hydrogens is 253 g/mol. The number of hydrogen-bond acceptors (Lipinski definition) is 2. The van der Waals surface area contributed by atoms with Crippen LogP contribution in [0.25, 0.3) is 11.2 Å². The third-order valence-electron chi connectivity index (χ3n) is 3.71. The summed E-state index contributed by atoms with van der Waals surface area (Å²) in [7, 11) is 0. The van der Waals surface area contributed by atoms with Crippen LogP contribution in [0.2, 0.25) is 0 Å². The van der Waals surface area contributed by atoms with E-state index in [1.165, 1.54) is 25.0 Å². The zero-order chi connectivity index (χ0) is 13.5. The van der Waals surface area contributed by atoms with Gasteiger partial charge in [-0.3, -0.25) is 0 Å². The molecule has 0 aliphatic heterocycles. The molecule has 0 N–H and O–H groups in total. The topological polar surface area (TPSA) is 30.7 Å².